The average molecular weight is 370 g/mol. The lowest BCUT2D eigenvalue weighted by atomic mass is 9.84. The smallest absolute Gasteiger partial charge is 0.251 e. The predicted octanol–water partition coefficient (Wildman–Crippen LogP) is 1.86. The van der Waals surface area contributed by atoms with Crippen molar-refractivity contribution in [1.29, 1.82) is 0 Å². The molecule has 7 heteroatoms. The number of nitrogens with one attached hydrogen (secondary N) is 2. The van der Waals surface area contributed by atoms with Crippen molar-refractivity contribution >= 4 is 24.2 Å². The Balaban J connectivity index is 0.00000225. The molecule has 4 unspecified atom stereocenters. The van der Waals surface area contributed by atoms with E-state index in [9.17, 15) is 14.0 Å². The van der Waals surface area contributed by atoms with Crippen LogP contribution in [-0.2, 0) is 4.79 Å². The number of rotatable bonds is 6. The van der Waals surface area contributed by atoms with Crippen LogP contribution in [0.3, 0.4) is 0 Å². The van der Waals surface area contributed by atoms with Gasteiger partial charge in [0.2, 0.25) is 5.91 Å². The maximum Gasteiger partial charge on any atom is 0.251 e. The molecule has 2 aliphatic rings. The fourth-order valence-electron chi connectivity index (χ4n) is 4.08. The molecule has 0 heterocycles. The number of carbonyl (C=O) groups is 2. The van der Waals surface area contributed by atoms with E-state index in [1.54, 1.807) is 6.07 Å². The molecule has 0 radical (unpaired) electrons. The molecule has 2 saturated carbocycles. The van der Waals surface area contributed by atoms with Gasteiger partial charge in [0.25, 0.3) is 5.91 Å². The number of halogens is 2. The van der Waals surface area contributed by atoms with Gasteiger partial charge in [-0.05, 0) is 55.7 Å². The van der Waals surface area contributed by atoms with Crippen molar-refractivity contribution < 1.29 is 14.0 Å². The Morgan fingerprint density at radius 3 is 2.56 bits per heavy atom. The molecule has 1 aromatic carbocycles. The summed E-state index contributed by atoms with van der Waals surface area (Å²) >= 11 is 0. The zero-order valence-electron chi connectivity index (χ0n) is 14.0. The van der Waals surface area contributed by atoms with Gasteiger partial charge in [-0.25, -0.2) is 4.39 Å². The van der Waals surface area contributed by atoms with Gasteiger partial charge in [0.15, 0.2) is 0 Å². The van der Waals surface area contributed by atoms with Gasteiger partial charge in [-0.2, -0.15) is 0 Å². The SMILES string of the molecule is Cl.NC1C2CCC(C2)C1C(=O)NCCCNC(=O)c1cccc(F)c1. The third-order valence-electron chi connectivity index (χ3n) is 5.31. The van der Waals surface area contributed by atoms with E-state index in [2.05, 4.69) is 10.6 Å². The molecular weight excluding hydrogens is 345 g/mol. The topological polar surface area (TPSA) is 84.2 Å². The van der Waals surface area contributed by atoms with Crippen LogP contribution in [0.25, 0.3) is 0 Å². The summed E-state index contributed by atoms with van der Waals surface area (Å²) in [6.45, 7) is 0.932. The van der Waals surface area contributed by atoms with Crippen molar-refractivity contribution in [3.63, 3.8) is 0 Å². The summed E-state index contributed by atoms with van der Waals surface area (Å²) in [5.41, 5.74) is 6.46. The first-order chi connectivity index (χ1) is 11.6. The van der Waals surface area contributed by atoms with Crippen LogP contribution in [0.4, 0.5) is 4.39 Å². The van der Waals surface area contributed by atoms with E-state index in [0.29, 0.717) is 36.9 Å². The van der Waals surface area contributed by atoms with Gasteiger partial charge < -0.3 is 16.4 Å². The molecule has 3 rings (SSSR count). The number of hydrogen-bond acceptors (Lipinski definition) is 3. The maximum atomic E-state index is 13.1. The van der Waals surface area contributed by atoms with E-state index in [4.69, 9.17) is 5.73 Å². The molecule has 0 aromatic heterocycles. The Bertz CT molecular complexity index is 626. The molecule has 25 heavy (non-hydrogen) atoms. The number of hydrogen-bond donors (Lipinski definition) is 3. The lowest BCUT2D eigenvalue weighted by molar-refractivity contribution is -0.127. The third-order valence-corrected chi connectivity index (χ3v) is 5.31. The Morgan fingerprint density at radius 1 is 1.16 bits per heavy atom. The molecule has 2 aliphatic carbocycles. The molecule has 0 aliphatic heterocycles. The van der Waals surface area contributed by atoms with E-state index in [1.807, 2.05) is 0 Å². The van der Waals surface area contributed by atoms with Crippen molar-refractivity contribution in [2.45, 2.75) is 31.7 Å². The number of fused-ring (bicyclic) bond motifs is 2. The number of benzene rings is 1. The molecular formula is C18H25ClFN3O2. The summed E-state index contributed by atoms with van der Waals surface area (Å²) in [4.78, 5) is 24.1. The van der Waals surface area contributed by atoms with Gasteiger partial charge in [0.05, 0.1) is 5.92 Å². The summed E-state index contributed by atoms with van der Waals surface area (Å²) < 4.78 is 13.1. The van der Waals surface area contributed by atoms with E-state index < -0.39 is 5.82 Å². The van der Waals surface area contributed by atoms with Crippen LogP contribution < -0.4 is 16.4 Å². The normalized spacial score (nSPS) is 26.8. The summed E-state index contributed by atoms with van der Waals surface area (Å²) in [6, 6.07) is 5.57. The second kappa shape index (κ2) is 8.63. The van der Waals surface area contributed by atoms with E-state index in [-0.39, 0.29) is 36.2 Å². The quantitative estimate of drug-likeness (QED) is 0.669. The zero-order valence-corrected chi connectivity index (χ0v) is 14.9. The van der Waals surface area contributed by atoms with Crippen LogP contribution in [0.15, 0.2) is 24.3 Å². The standard InChI is InChI=1S/C18H24FN3O2.ClH/c19-14-4-1-3-13(10-14)17(23)21-7-2-8-22-18(24)15-11-5-6-12(9-11)16(15)20;/h1,3-4,10-12,15-16H,2,5-9,20H2,(H,21,23)(H,22,24);1H. The molecule has 4 atom stereocenters. The zero-order chi connectivity index (χ0) is 17.1. The van der Waals surface area contributed by atoms with Crippen molar-refractivity contribution in [2.75, 3.05) is 13.1 Å². The monoisotopic (exact) mass is 369 g/mol. The molecule has 2 fully saturated rings. The van der Waals surface area contributed by atoms with Gasteiger partial charge >= 0.3 is 0 Å². The van der Waals surface area contributed by atoms with Gasteiger partial charge in [-0.15, -0.1) is 12.4 Å². The fourth-order valence-corrected chi connectivity index (χ4v) is 4.08. The molecule has 0 spiro atoms. The van der Waals surface area contributed by atoms with Gasteiger partial charge in [0, 0.05) is 24.7 Å². The van der Waals surface area contributed by atoms with Crippen LogP contribution in [-0.4, -0.2) is 30.9 Å². The van der Waals surface area contributed by atoms with Crippen LogP contribution >= 0.6 is 12.4 Å². The summed E-state index contributed by atoms with van der Waals surface area (Å²) in [6.07, 6.45) is 3.98. The second-order valence-electron chi connectivity index (χ2n) is 6.85. The Morgan fingerprint density at radius 2 is 1.88 bits per heavy atom. The second-order valence-corrected chi connectivity index (χ2v) is 6.85. The number of amides is 2. The van der Waals surface area contributed by atoms with Crippen molar-refractivity contribution in [3.8, 4) is 0 Å². The van der Waals surface area contributed by atoms with Crippen LogP contribution in [0, 0.1) is 23.6 Å². The van der Waals surface area contributed by atoms with Crippen LogP contribution in [0.2, 0.25) is 0 Å². The first-order valence-electron chi connectivity index (χ1n) is 8.63. The highest BCUT2D eigenvalue weighted by atomic mass is 35.5. The molecule has 5 nitrogen and oxygen atoms in total. The Hall–Kier alpha value is -1.66. The van der Waals surface area contributed by atoms with E-state index in [0.717, 1.165) is 19.3 Å². The molecule has 0 saturated heterocycles. The lowest BCUT2D eigenvalue weighted by Gasteiger charge is -2.27. The molecule has 4 N–H and O–H groups in total. The fraction of sp³-hybridized carbons (Fsp3) is 0.556. The van der Waals surface area contributed by atoms with Gasteiger partial charge in [-0.1, -0.05) is 6.07 Å². The van der Waals surface area contributed by atoms with Crippen molar-refractivity contribution in [1.82, 2.24) is 10.6 Å². The maximum absolute atomic E-state index is 13.1. The third kappa shape index (κ3) is 4.50. The highest BCUT2D eigenvalue weighted by Gasteiger charge is 2.48. The number of carbonyl (C=O) groups excluding carboxylic acids is 2. The molecule has 2 bridgehead atoms. The summed E-state index contributed by atoms with van der Waals surface area (Å²) in [7, 11) is 0. The van der Waals surface area contributed by atoms with E-state index >= 15 is 0 Å². The summed E-state index contributed by atoms with van der Waals surface area (Å²) in [5.74, 6) is 0.207. The number of nitrogens with two attached hydrogens (primary N) is 1. The average Bonchev–Trinajstić information content (AvgIpc) is 3.15. The molecule has 138 valence electrons. The molecule has 1 aromatic rings. The molecule has 2 amide bonds. The highest BCUT2D eigenvalue weighted by Crippen LogP contribution is 2.47. The van der Waals surface area contributed by atoms with Crippen molar-refractivity contribution in [3.05, 3.63) is 35.6 Å². The minimum absolute atomic E-state index is 0. The van der Waals surface area contributed by atoms with Gasteiger partial charge in [-0.3, -0.25) is 9.59 Å². The summed E-state index contributed by atoms with van der Waals surface area (Å²) in [5, 5.41) is 5.66. The van der Waals surface area contributed by atoms with Crippen molar-refractivity contribution in [2.24, 2.45) is 23.5 Å². The van der Waals surface area contributed by atoms with Crippen LogP contribution in [0.5, 0.6) is 0 Å². The first kappa shape index (κ1) is 19.7. The van der Waals surface area contributed by atoms with Gasteiger partial charge in [0.1, 0.15) is 5.82 Å². The van der Waals surface area contributed by atoms with Crippen LogP contribution in [0.1, 0.15) is 36.0 Å². The minimum Gasteiger partial charge on any atom is -0.356 e. The first-order valence-corrected chi connectivity index (χ1v) is 8.63. The van der Waals surface area contributed by atoms with E-state index in [1.165, 1.54) is 18.2 Å². The Kier molecular flexibility index (Phi) is 6.79. The lowest BCUT2D eigenvalue weighted by Crippen LogP contribution is -2.45. The minimum atomic E-state index is -0.433. The largest absolute Gasteiger partial charge is 0.356 e. The Labute approximate surface area is 153 Å². The highest BCUT2D eigenvalue weighted by molar-refractivity contribution is 5.94. The predicted molar refractivity (Wildman–Crippen MR) is 95.9 cm³/mol.